The molecule has 4 rings (SSSR count). The summed E-state index contributed by atoms with van der Waals surface area (Å²) in [5.41, 5.74) is 3.96. The summed E-state index contributed by atoms with van der Waals surface area (Å²) >= 11 is 0. The Balaban J connectivity index is 1.42. The fourth-order valence-electron chi connectivity index (χ4n) is 2.75. The average Bonchev–Trinajstić information content (AvgIpc) is 3.40. The monoisotopic (exact) mass is 418 g/mol. The Hall–Kier alpha value is -3.95. The van der Waals surface area contributed by atoms with E-state index in [0.29, 0.717) is 11.5 Å². The van der Waals surface area contributed by atoms with Crippen molar-refractivity contribution in [3.8, 4) is 22.8 Å². The molecule has 30 heavy (non-hydrogen) atoms. The number of nitrogens with one attached hydrogen (secondary N) is 2. The summed E-state index contributed by atoms with van der Waals surface area (Å²) in [6.45, 7) is 0.0594. The second-order valence-electron chi connectivity index (χ2n) is 6.22. The number of ether oxygens (including phenoxy) is 2. The number of carbonyl (C=O) groups is 2. The molecule has 1 aromatic heterocycles. The standard InChI is InChI=1S/C20H13F3N2O5/c21-20(22,23)13-3-1-2-11(8-13)14-6-7-16(30-14)19(27)25-24-18(26)12-4-5-15-17(9-12)29-10-28-15/h1-9H,10H2,(H,24,26)(H,25,27). The van der Waals surface area contributed by atoms with E-state index in [4.69, 9.17) is 13.9 Å². The van der Waals surface area contributed by atoms with Crippen LogP contribution in [0, 0.1) is 0 Å². The first-order chi connectivity index (χ1) is 14.3. The minimum Gasteiger partial charge on any atom is -0.454 e. The highest BCUT2D eigenvalue weighted by molar-refractivity contribution is 5.98. The zero-order valence-corrected chi connectivity index (χ0v) is 15.1. The Morgan fingerprint density at radius 1 is 0.867 bits per heavy atom. The number of hydrazine groups is 1. The third kappa shape index (κ3) is 3.93. The van der Waals surface area contributed by atoms with Crippen molar-refractivity contribution in [1.82, 2.24) is 10.9 Å². The maximum atomic E-state index is 12.9. The second-order valence-corrected chi connectivity index (χ2v) is 6.22. The lowest BCUT2D eigenvalue weighted by Crippen LogP contribution is -2.41. The van der Waals surface area contributed by atoms with Crippen LogP contribution in [-0.4, -0.2) is 18.6 Å². The Morgan fingerprint density at radius 3 is 2.43 bits per heavy atom. The molecule has 2 amide bonds. The molecule has 0 atom stereocenters. The van der Waals surface area contributed by atoms with Gasteiger partial charge in [0.1, 0.15) is 5.76 Å². The number of halogens is 3. The van der Waals surface area contributed by atoms with Crippen LogP contribution in [0.3, 0.4) is 0 Å². The highest BCUT2D eigenvalue weighted by Crippen LogP contribution is 2.33. The molecule has 0 saturated heterocycles. The van der Waals surface area contributed by atoms with E-state index in [0.717, 1.165) is 12.1 Å². The van der Waals surface area contributed by atoms with Crippen molar-refractivity contribution in [3.63, 3.8) is 0 Å². The third-order valence-corrected chi connectivity index (χ3v) is 4.23. The molecule has 2 N–H and O–H groups in total. The summed E-state index contributed by atoms with van der Waals surface area (Å²) in [6.07, 6.45) is -4.50. The summed E-state index contributed by atoms with van der Waals surface area (Å²) in [7, 11) is 0. The van der Waals surface area contributed by atoms with E-state index >= 15 is 0 Å². The molecule has 1 aliphatic rings. The van der Waals surface area contributed by atoms with E-state index in [2.05, 4.69) is 10.9 Å². The molecule has 0 aliphatic carbocycles. The second kappa shape index (κ2) is 7.47. The van der Waals surface area contributed by atoms with Crippen LogP contribution in [0.2, 0.25) is 0 Å². The van der Waals surface area contributed by atoms with Crippen LogP contribution >= 0.6 is 0 Å². The van der Waals surface area contributed by atoms with Crippen LogP contribution in [0.1, 0.15) is 26.5 Å². The predicted octanol–water partition coefficient (Wildman–Crippen LogP) is 3.77. The molecule has 154 valence electrons. The molecule has 0 fully saturated rings. The van der Waals surface area contributed by atoms with Gasteiger partial charge in [-0.15, -0.1) is 0 Å². The number of alkyl halides is 3. The highest BCUT2D eigenvalue weighted by atomic mass is 19.4. The fraction of sp³-hybridized carbons (Fsp3) is 0.100. The van der Waals surface area contributed by atoms with Gasteiger partial charge in [-0.3, -0.25) is 20.4 Å². The Labute approximate surface area is 167 Å². The number of hydrogen-bond donors (Lipinski definition) is 2. The number of amides is 2. The Kier molecular flexibility index (Phi) is 4.82. The zero-order valence-electron chi connectivity index (χ0n) is 15.1. The van der Waals surface area contributed by atoms with Crippen molar-refractivity contribution in [2.24, 2.45) is 0 Å². The Bertz CT molecular complexity index is 1120. The quantitative estimate of drug-likeness (QED) is 0.632. The number of benzene rings is 2. The van der Waals surface area contributed by atoms with E-state index in [-0.39, 0.29) is 29.4 Å². The molecular weight excluding hydrogens is 405 g/mol. The van der Waals surface area contributed by atoms with Gasteiger partial charge >= 0.3 is 12.1 Å². The topological polar surface area (TPSA) is 89.8 Å². The summed E-state index contributed by atoms with van der Waals surface area (Å²) < 4.78 is 54.2. The van der Waals surface area contributed by atoms with Crippen LogP contribution in [0.15, 0.2) is 59.0 Å². The molecule has 0 bridgehead atoms. The summed E-state index contributed by atoms with van der Waals surface area (Å²) in [5, 5.41) is 0. The first-order valence-electron chi connectivity index (χ1n) is 8.59. The molecule has 1 aliphatic heterocycles. The van der Waals surface area contributed by atoms with Crippen molar-refractivity contribution < 1.29 is 36.7 Å². The lowest BCUT2D eigenvalue weighted by Gasteiger charge is -2.08. The average molecular weight is 418 g/mol. The van der Waals surface area contributed by atoms with Gasteiger partial charge in [-0.2, -0.15) is 13.2 Å². The molecule has 0 unspecified atom stereocenters. The van der Waals surface area contributed by atoms with E-state index in [1.807, 2.05) is 0 Å². The minimum absolute atomic E-state index is 0.0594. The van der Waals surface area contributed by atoms with Gasteiger partial charge in [0, 0.05) is 11.1 Å². The maximum Gasteiger partial charge on any atom is 0.416 e. The smallest absolute Gasteiger partial charge is 0.416 e. The van der Waals surface area contributed by atoms with Crippen molar-refractivity contribution in [1.29, 1.82) is 0 Å². The molecular formula is C20H13F3N2O5. The van der Waals surface area contributed by atoms with E-state index < -0.39 is 23.6 Å². The zero-order chi connectivity index (χ0) is 21.3. The van der Waals surface area contributed by atoms with Crippen molar-refractivity contribution in [2.45, 2.75) is 6.18 Å². The lowest BCUT2D eigenvalue weighted by atomic mass is 10.1. The van der Waals surface area contributed by atoms with Gasteiger partial charge in [-0.05, 0) is 42.5 Å². The predicted molar refractivity (Wildman–Crippen MR) is 96.6 cm³/mol. The van der Waals surface area contributed by atoms with Crippen molar-refractivity contribution in [3.05, 3.63) is 71.5 Å². The number of rotatable bonds is 3. The van der Waals surface area contributed by atoms with Gasteiger partial charge in [0.05, 0.1) is 5.56 Å². The van der Waals surface area contributed by atoms with Crippen LogP contribution in [0.25, 0.3) is 11.3 Å². The molecule has 3 aromatic rings. The first kappa shape index (κ1) is 19.4. The van der Waals surface area contributed by atoms with Crippen LogP contribution in [-0.2, 0) is 6.18 Å². The molecule has 2 aromatic carbocycles. The number of furan rings is 1. The summed E-state index contributed by atoms with van der Waals surface area (Å²) in [4.78, 5) is 24.4. The van der Waals surface area contributed by atoms with E-state index in [9.17, 15) is 22.8 Å². The normalized spacial score (nSPS) is 12.5. The van der Waals surface area contributed by atoms with E-state index in [1.165, 1.54) is 36.4 Å². The SMILES string of the molecule is O=C(NNC(=O)c1ccc(-c2cccc(C(F)(F)F)c2)o1)c1ccc2c(c1)OCO2. The number of hydrogen-bond acceptors (Lipinski definition) is 5. The Morgan fingerprint density at radius 2 is 1.63 bits per heavy atom. The van der Waals surface area contributed by atoms with Gasteiger partial charge in [-0.25, -0.2) is 0 Å². The molecule has 2 heterocycles. The van der Waals surface area contributed by atoms with Crippen LogP contribution in [0.5, 0.6) is 11.5 Å². The largest absolute Gasteiger partial charge is 0.454 e. The molecule has 0 spiro atoms. The fourth-order valence-corrected chi connectivity index (χ4v) is 2.75. The van der Waals surface area contributed by atoms with Crippen LogP contribution < -0.4 is 20.3 Å². The van der Waals surface area contributed by atoms with Crippen molar-refractivity contribution in [2.75, 3.05) is 6.79 Å². The molecule has 10 heteroatoms. The van der Waals surface area contributed by atoms with E-state index in [1.54, 1.807) is 6.07 Å². The third-order valence-electron chi connectivity index (χ3n) is 4.23. The van der Waals surface area contributed by atoms with Crippen LogP contribution in [0.4, 0.5) is 13.2 Å². The van der Waals surface area contributed by atoms with Gasteiger partial charge in [-0.1, -0.05) is 12.1 Å². The minimum atomic E-state index is -4.50. The molecule has 0 radical (unpaired) electrons. The van der Waals surface area contributed by atoms with Gasteiger partial charge in [0.2, 0.25) is 6.79 Å². The number of carbonyl (C=O) groups excluding carboxylic acids is 2. The van der Waals surface area contributed by atoms with Gasteiger partial charge < -0.3 is 13.9 Å². The summed E-state index contributed by atoms with van der Waals surface area (Å²) in [5.74, 6) is -0.575. The van der Waals surface area contributed by atoms with Gasteiger partial charge in [0.25, 0.3) is 5.91 Å². The highest BCUT2D eigenvalue weighted by Gasteiger charge is 2.30. The summed E-state index contributed by atoms with van der Waals surface area (Å²) in [6, 6.07) is 11.7. The first-order valence-corrected chi connectivity index (χ1v) is 8.59. The molecule has 7 nitrogen and oxygen atoms in total. The van der Waals surface area contributed by atoms with Crippen molar-refractivity contribution >= 4 is 11.8 Å². The number of fused-ring (bicyclic) bond motifs is 1. The molecule has 0 saturated carbocycles. The lowest BCUT2D eigenvalue weighted by molar-refractivity contribution is -0.137. The maximum absolute atomic E-state index is 12.9. The van der Waals surface area contributed by atoms with Gasteiger partial charge in [0.15, 0.2) is 17.3 Å².